The van der Waals surface area contributed by atoms with Gasteiger partial charge in [0, 0.05) is 23.9 Å². The molecule has 0 atom stereocenters. The number of halogens is 2. The fraction of sp³-hybridized carbons (Fsp3) is 0.333. The number of oxazole rings is 1. The van der Waals surface area contributed by atoms with Crippen molar-refractivity contribution in [1.82, 2.24) is 9.97 Å². The molecule has 0 bridgehead atoms. The summed E-state index contributed by atoms with van der Waals surface area (Å²) in [5.41, 5.74) is 0.376. The maximum absolute atomic E-state index is 12.8. The van der Waals surface area contributed by atoms with Crippen molar-refractivity contribution in [1.29, 1.82) is 0 Å². The minimum Gasteiger partial charge on any atom is -0.440 e. The van der Waals surface area contributed by atoms with Gasteiger partial charge in [0.25, 0.3) is 6.43 Å². The molecule has 90 valence electrons. The maximum Gasteiger partial charge on any atom is 0.283 e. The zero-order valence-electron chi connectivity index (χ0n) is 9.52. The summed E-state index contributed by atoms with van der Waals surface area (Å²) in [5.74, 6) is 0.334. The van der Waals surface area contributed by atoms with Crippen LogP contribution in [0, 0.1) is 0 Å². The SMILES string of the molecule is CC(C)c1oc(-c2ccncc2)nc1C(F)F. The van der Waals surface area contributed by atoms with Crippen LogP contribution in [0.25, 0.3) is 11.5 Å². The summed E-state index contributed by atoms with van der Waals surface area (Å²) in [6.07, 6.45) is 0.513. The Hall–Kier alpha value is -1.78. The fourth-order valence-corrected chi connectivity index (χ4v) is 1.53. The predicted molar refractivity (Wildman–Crippen MR) is 58.8 cm³/mol. The highest BCUT2D eigenvalue weighted by Crippen LogP contribution is 2.32. The van der Waals surface area contributed by atoms with Gasteiger partial charge in [-0.05, 0) is 12.1 Å². The average molecular weight is 238 g/mol. The molecule has 0 N–H and O–H groups in total. The minimum absolute atomic E-state index is 0.123. The van der Waals surface area contributed by atoms with E-state index in [-0.39, 0.29) is 23.3 Å². The van der Waals surface area contributed by atoms with Crippen LogP contribution in [-0.4, -0.2) is 9.97 Å². The van der Waals surface area contributed by atoms with Crippen LogP contribution >= 0.6 is 0 Å². The van der Waals surface area contributed by atoms with Gasteiger partial charge in [0.05, 0.1) is 0 Å². The van der Waals surface area contributed by atoms with Crippen molar-refractivity contribution in [2.75, 3.05) is 0 Å². The third-order valence-corrected chi connectivity index (χ3v) is 2.34. The van der Waals surface area contributed by atoms with Gasteiger partial charge in [-0.2, -0.15) is 0 Å². The Balaban J connectivity index is 2.48. The number of nitrogens with zero attached hydrogens (tertiary/aromatic N) is 2. The number of alkyl halides is 2. The van der Waals surface area contributed by atoms with Crippen LogP contribution in [0.3, 0.4) is 0 Å². The van der Waals surface area contributed by atoms with Crippen molar-refractivity contribution in [2.24, 2.45) is 0 Å². The molecule has 0 aliphatic heterocycles. The molecule has 0 aliphatic carbocycles. The first-order valence-corrected chi connectivity index (χ1v) is 5.28. The summed E-state index contributed by atoms with van der Waals surface area (Å²) < 4.78 is 31.0. The van der Waals surface area contributed by atoms with Gasteiger partial charge in [0.15, 0.2) is 0 Å². The van der Waals surface area contributed by atoms with Crippen LogP contribution < -0.4 is 0 Å². The summed E-state index contributed by atoms with van der Waals surface area (Å²) in [4.78, 5) is 7.71. The molecule has 2 aromatic heterocycles. The van der Waals surface area contributed by atoms with E-state index in [4.69, 9.17) is 4.42 Å². The maximum atomic E-state index is 12.8. The summed E-state index contributed by atoms with van der Waals surface area (Å²) in [5, 5.41) is 0. The molecule has 0 aliphatic rings. The summed E-state index contributed by atoms with van der Waals surface area (Å²) in [7, 11) is 0. The van der Waals surface area contributed by atoms with Crippen molar-refractivity contribution in [3.8, 4) is 11.5 Å². The number of rotatable bonds is 3. The number of pyridine rings is 1. The third-order valence-electron chi connectivity index (χ3n) is 2.34. The molecule has 0 spiro atoms. The van der Waals surface area contributed by atoms with Gasteiger partial charge in [-0.25, -0.2) is 13.8 Å². The van der Waals surface area contributed by atoms with Gasteiger partial charge in [-0.15, -0.1) is 0 Å². The summed E-state index contributed by atoms with van der Waals surface area (Å²) in [6.45, 7) is 3.59. The van der Waals surface area contributed by atoms with Crippen molar-refractivity contribution in [3.05, 3.63) is 36.0 Å². The normalized spacial score (nSPS) is 11.4. The molecule has 0 unspecified atom stereocenters. The first-order valence-electron chi connectivity index (χ1n) is 5.28. The van der Waals surface area contributed by atoms with E-state index in [0.717, 1.165) is 0 Å². The van der Waals surface area contributed by atoms with Crippen molar-refractivity contribution in [2.45, 2.75) is 26.2 Å². The Bertz CT molecular complexity index is 469. The predicted octanol–water partition coefficient (Wildman–Crippen LogP) is 3.80. The third kappa shape index (κ3) is 2.33. The standard InChI is InChI=1S/C12H12F2N2O/c1-7(2)10-9(11(13)14)16-12(17-10)8-3-5-15-6-4-8/h3-7,11H,1-2H3. The second kappa shape index (κ2) is 4.61. The first-order chi connectivity index (χ1) is 8.09. The molecule has 0 saturated heterocycles. The van der Waals surface area contributed by atoms with E-state index < -0.39 is 6.43 Å². The van der Waals surface area contributed by atoms with Crippen molar-refractivity contribution in [3.63, 3.8) is 0 Å². The van der Waals surface area contributed by atoms with Crippen LogP contribution in [0.15, 0.2) is 28.9 Å². The van der Waals surface area contributed by atoms with E-state index in [2.05, 4.69) is 9.97 Å². The molecule has 0 radical (unpaired) electrons. The van der Waals surface area contributed by atoms with Gasteiger partial charge >= 0.3 is 0 Å². The highest BCUT2D eigenvalue weighted by atomic mass is 19.3. The second-order valence-corrected chi connectivity index (χ2v) is 3.96. The van der Waals surface area contributed by atoms with Crippen molar-refractivity contribution >= 4 is 0 Å². The van der Waals surface area contributed by atoms with Crippen LogP contribution in [-0.2, 0) is 0 Å². The Morgan fingerprint density at radius 2 is 1.82 bits per heavy atom. The van der Waals surface area contributed by atoms with Crippen LogP contribution in [0.5, 0.6) is 0 Å². The van der Waals surface area contributed by atoms with Crippen LogP contribution in [0.2, 0.25) is 0 Å². The van der Waals surface area contributed by atoms with Gasteiger partial charge in [0.2, 0.25) is 5.89 Å². The molecular weight excluding hydrogens is 226 g/mol. The molecule has 0 fully saturated rings. The van der Waals surface area contributed by atoms with E-state index >= 15 is 0 Å². The highest BCUT2D eigenvalue weighted by molar-refractivity contribution is 5.52. The Labute approximate surface area is 97.5 Å². The van der Waals surface area contributed by atoms with Crippen molar-refractivity contribution < 1.29 is 13.2 Å². The first kappa shape index (κ1) is 11.7. The lowest BCUT2D eigenvalue weighted by Gasteiger charge is -2.01. The minimum atomic E-state index is -2.62. The lowest BCUT2D eigenvalue weighted by molar-refractivity contribution is 0.143. The molecule has 2 rings (SSSR count). The summed E-state index contributed by atoms with van der Waals surface area (Å²) in [6, 6.07) is 3.34. The van der Waals surface area contributed by atoms with E-state index in [1.807, 2.05) is 0 Å². The Morgan fingerprint density at radius 1 is 1.18 bits per heavy atom. The molecular formula is C12H12F2N2O. The quantitative estimate of drug-likeness (QED) is 0.816. The zero-order valence-corrected chi connectivity index (χ0v) is 9.52. The topological polar surface area (TPSA) is 38.9 Å². The van der Waals surface area contributed by atoms with E-state index in [1.165, 1.54) is 0 Å². The average Bonchev–Trinajstić information content (AvgIpc) is 2.75. The largest absolute Gasteiger partial charge is 0.440 e. The molecule has 17 heavy (non-hydrogen) atoms. The molecule has 2 aromatic rings. The van der Waals surface area contributed by atoms with Gasteiger partial charge in [-0.3, -0.25) is 4.98 Å². The monoisotopic (exact) mass is 238 g/mol. The molecule has 0 amide bonds. The number of aromatic nitrogens is 2. The van der Waals surface area contributed by atoms with E-state index in [0.29, 0.717) is 5.56 Å². The van der Waals surface area contributed by atoms with Gasteiger partial charge in [-0.1, -0.05) is 13.8 Å². The highest BCUT2D eigenvalue weighted by Gasteiger charge is 2.23. The Kier molecular flexibility index (Phi) is 3.17. The van der Waals surface area contributed by atoms with Gasteiger partial charge in [0.1, 0.15) is 11.5 Å². The molecule has 5 heteroatoms. The zero-order chi connectivity index (χ0) is 12.4. The number of hydrogen-bond donors (Lipinski definition) is 0. The van der Waals surface area contributed by atoms with Gasteiger partial charge < -0.3 is 4.42 Å². The molecule has 0 saturated carbocycles. The molecule has 2 heterocycles. The Morgan fingerprint density at radius 3 is 2.29 bits per heavy atom. The lowest BCUT2D eigenvalue weighted by atomic mass is 10.1. The fourth-order valence-electron chi connectivity index (χ4n) is 1.53. The van der Waals surface area contributed by atoms with Crippen LogP contribution in [0.1, 0.15) is 37.6 Å². The summed E-state index contributed by atoms with van der Waals surface area (Å²) >= 11 is 0. The van der Waals surface area contributed by atoms with E-state index in [9.17, 15) is 8.78 Å². The lowest BCUT2D eigenvalue weighted by Crippen LogP contribution is -1.93. The smallest absolute Gasteiger partial charge is 0.283 e. The van der Waals surface area contributed by atoms with Crippen LogP contribution in [0.4, 0.5) is 8.78 Å². The second-order valence-electron chi connectivity index (χ2n) is 3.96. The van der Waals surface area contributed by atoms with E-state index in [1.54, 1.807) is 38.4 Å². The molecule has 3 nitrogen and oxygen atoms in total. The number of hydrogen-bond acceptors (Lipinski definition) is 3. The molecule has 0 aromatic carbocycles.